The quantitative estimate of drug-likeness (QED) is 0.599. The van der Waals surface area contributed by atoms with Crippen molar-refractivity contribution in [3.8, 4) is 5.69 Å². The lowest BCUT2D eigenvalue weighted by Gasteiger charge is -2.31. The fourth-order valence-corrected chi connectivity index (χ4v) is 4.11. The average Bonchev–Trinajstić information content (AvgIpc) is 3.17. The van der Waals surface area contributed by atoms with Crippen LogP contribution in [-0.2, 0) is 4.79 Å². The zero-order valence-electron chi connectivity index (χ0n) is 17.9. The molecule has 0 aliphatic carbocycles. The Morgan fingerprint density at radius 3 is 2.56 bits per heavy atom. The van der Waals surface area contributed by atoms with Crippen molar-refractivity contribution in [3.63, 3.8) is 0 Å². The molecule has 0 saturated carbocycles. The predicted octanol–water partition coefficient (Wildman–Crippen LogP) is 3.67. The molecule has 2 aromatic carbocycles. The van der Waals surface area contributed by atoms with Crippen molar-refractivity contribution in [2.45, 2.75) is 25.8 Å². The lowest BCUT2D eigenvalue weighted by atomic mass is 10.0. The number of hydrogen-bond donors (Lipinski definition) is 2. The van der Waals surface area contributed by atoms with Gasteiger partial charge < -0.3 is 10.6 Å². The van der Waals surface area contributed by atoms with Crippen LogP contribution in [0.3, 0.4) is 0 Å². The third kappa shape index (κ3) is 5.36. The average molecular weight is 452 g/mol. The molecule has 1 fully saturated rings. The van der Waals surface area contributed by atoms with Crippen molar-refractivity contribution in [1.82, 2.24) is 20.0 Å². The van der Waals surface area contributed by atoms with Crippen LogP contribution in [0.15, 0.2) is 60.8 Å². The number of anilines is 1. The number of rotatable bonds is 6. The molecule has 1 aliphatic rings. The van der Waals surface area contributed by atoms with Gasteiger partial charge in [0, 0.05) is 29.8 Å². The molecule has 166 valence electrons. The second kappa shape index (κ2) is 9.97. The van der Waals surface area contributed by atoms with Crippen molar-refractivity contribution < 1.29 is 9.59 Å². The van der Waals surface area contributed by atoms with Crippen LogP contribution in [0.2, 0.25) is 5.02 Å². The first-order chi connectivity index (χ1) is 15.5. The molecule has 0 radical (unpaired) electrons. The summed E-state index contributed by atoms with van der Waals surface area (Å²) < 4.78 is 1.72. The molecule has 0 unspecified atom stereocenters. The summed E-state index contributed by atoms with van der Waals surface area (Å²) in [6, 6.07) is 16.9. The number of hydrogen-bond acceptors (Lipinski definition) is 4. The van der Waals surface area contributed by atoms with Crippen LogP contribution in [-0.4, -0.2) is 52.2 Å². The van der Waals surface area contributed by atoms with Crippen molar-refractivity contribution >= 4 is 29.1 Å². The molecule has 0 atom stereocenters. The standard InChI is InChI=1S/C24H26ClN5O2/c1-17-22(15-26-30(17)21-9-5-6-18(25)14-21)24(32)28-20-10-12-29(13-11-20)16-23(31)27-19-7-3-2-4-8-19/h2-9,14-15,20H,10-13,16H2,1H3,(H,27,31)(H,28,32). The minimum absolute atomic E-state index is 0.0252. The smallest absolute Gasteiger partial charge is 0.254 e. The summed E-state index contributed by atoms with van der Waals surface area (Å²) in [5.74, 6) is -0.154. The summed E-state index contributed by atoms with van der Waals surface area (Å²) >= 11 is 6.08. The van der Waals surface area contributed by atoms with Crippen LogP contribution >= 0.6 is 11.6 Å². The van der Waals surface area contributed by atoms with Crippen LogP contribution in [0.1, 0.15) is 28.9 Å². The second-order valence-corrected chi connectivity index (χ2v) is 8.41. The molecule has 4 rings (SSSR count). The number of carbonyl (C=O) groups excluding carboxylic acids is 2. The highest BCUT2D eigenvalue weighted by atomic mass is 35.5. The van der Waals surface area contributed by atoms with Gasteiger partial charge in [0.2, 0.25) is 5.91 Å². The van der Waals surface area contributed by atoms with E-state index in [1.807, 2.05) is 55.5 Å². The van der Waals surface area contributed by atoms with E-state index in [1.165, 1.54) is 0 Å². The zero-order chi connectivity index (χ0) is 22.5. The monoisotopic (exact) mass is 451 g/mol. The first-order valence-corrected chi connectivity index (χ1v) is 11.1. The predicted molar refractivity (Wildman–Crippen MR) is 125 cm³/mol. The number of para-hydroxylation sites is 1. The number of amides is 2. The number of benzene rings is 2. The van der Waals surface area contributed by atoms with E-state index in [0.717, 1.165) is 43.0 Å². The van der Waals surface area contributed by atoms with E-state index < -0.39 is 0 Å². The van der Waals surface area contributed by atoms with Crippen LogP contribution < -0.4 is 10.6 Å². The number of likely N-dealkylation sites (tertiary alicyclic amines) is 1. The van der Waals surface area contributed by atoms with Gasteiger partial charge in [-0.05, 0) is 50.1 Å². The van der Waals surface area contributed by atoms with Gasteiger partial charge in [-0.25, -0.2) is 4.68 Å². The van der Waals surface area contributed by atoms with Gasteiger partial charge in [0.15, 0.2) is 0 Å². The molecule has 2 amide bonds. The molecule has 0 spiro atoms. The topological polar surface area (TPSA) is 79.3 Å². The molecule has 1 aromatic heterocycles. The van der Waals surface area contributed by atoms with Gasteiger partial charge in [-0.2, -0.15) is 5.10 Å². The summed E-state index contributed by atoms with van der Waals surface area (Å²) in [6.45, 7) is 3.74. The highest BCUT2D eigenvalue weighted by Crippen LogP contribution is 2.19. The molecule has 7 nitrogen and oxygen atoms in total. The Labute approximate surface area is 192 Å². The Hall–Kier alpha value is -3.16. The fraction of sp³-hybridized carbons (Fsp3) is 0.292. The number of aromatic nitrogens is 2. The molecule has 32 heavy (non-hydrogen) atoms. The van der Waals surface area contributed by atoms with Gasteiger partial charge in [-0.1, -0.05) is 35.9 Å². The van der Waals surface area contributed by atoms with E-state index in [9.17, 15) is 9.59 Å². The van der Waals surface area contributed by atoms with Crippen LogP contribution in [0.4, 0.5) is 5.69 Å². The maximum Gasteiger partial charge on any atom is 0.254 e. The normalized spacial score (nSPS) is 14.8. The highest BCUT2D eigenvalue weighted by Gasteiger charge is 2.24. The van der Waals surface area contributed by atoms with Gasteiger partial charge in [0.05, 0.1) is 29.7 Å². The van der Waals surface area contributed by atoms with Crippen molar-refractivity contribution in [2.24, 2.45) is 0 Å². The molecule has 8 heteroatoms. The molecule has 3 aromatic rings. The number of carbonyl (C=O) groups is 2. The van der Waals surface area contributed by atoms with Crippen LogP contribution in [0, 0.1) is 6.92 Å². The third-order valence-corrected chi connectivity index (χ3v) is 5.89. The van der Waals surface area contributed by atoms with Gasteiger partial charge >= 0.3 is 0 Å². The molecule has 1 saturated heterocycles. The molecule has 2 heterocycles. The summed E-state index contributed by atoms with van der Waals surface area (Å²) in [5, 5.41) is 11.0. The number of piperidine rings is 1. The fourth-order valence-electron chi connectivity index (χ4n) is 3.92. The maximum atomic E-state index is 12.8. The Balaban J connectivity index is 1.28. The van der Waals surface area contributed by atoms with Crippen molar-refractivity contribution in [3.05, 3.63) is 77.1 Å². The highest BCUT2D eigenvalue weighted by molar-refractivity contribution is 6.30. The number of halogens is 1. The Kier molecular flexibility index (Phi) is 6.87. The molecular formula is C24H26ClN5O2. The van der Waals surface area contributed by atoms with Gasteiger partial charge in [0.25, 0.3) is 5.91 Å². The van der Waals surface area contributed by atoms with Crippen LogP contribution in [0.5, 0.6) is 0 Å². The number of nitrogens with one attached hydrogen (secondary N) is 2. The van der Waals surface area contributed by atoms with E-state index >= 15 is 0 Å². The van der Waals surface area contributed by atoms with E-state index in [-0.39, 0.29) is 17.9 Å². The van der Waals surface area contributed by atoms with E-state index in [1.54, 1.807) is 16.9 Å². The SMILES string of the molecule is Cc1c(C(=O)NC2CCN(CC(=O)Nc3ccccc3)CC2)cnn1-c1cccc(Cl)c1. The Bertz CT molecular complexity index is 1090. The largest absolute Gasteiger partial charge is 0.349 e. The summed E-state index contributed by atoms with van der Waals surface area (Å²) in [5.41, 5.74) is 2.93. The zero-order valence-corrected chi connectivity index (χ0v) is 18.7. The van der Waals surface area contributed by atoms with Gasteiger partial charge in [-0.3, -0.25) is 14.5 Å². The van der Waals surface area contributed by atoms with Crippen molar-refractivity contribution in [2.75, 3.05) is 25.0 Å². The minimum Gasteiger partial charge on any atom is -0.349 e. The van der Waals surface area contributed by atoms with Crippen LogP contribution in [0.25, 0.3) is 5.69 Å². The first-order valence-electron chi connectivity index (χ1n) is 10.7. The lowest BCUT2D eigenvalue weighted by Crippen LogP contribution is -2.46. The van der Waals surface area contributed by atoms with E-state index in [2.05, 4.69) is 20.6 Å². The summed E-state index contributed by atoms with van der Waals surface area (Å²) in [6.07, 6.45) is 3.19. The Morgan fingerprint density at radius 1 is 1.09 bits per heavy atom. The van der Waals surface area contributed by atoms with Gasteiger partial charge in [0.1, 0.15) is 0 Å². The Morgan fingerprint density at radius 2 is 1.84 bits per heavy atom. The lowest BCUT2D eigenvalue weighted by molar-refractivity contribution is -0.117. The molecule has 0 bridgehead atoms. The van der Waals surface area contributed by atoms with Gasteiger partial charge in [-0.15, -0.1) is 0 Å². The minimum atomic E-state index is -0.129. The maximum absolute atomic E-state index is 12.8. The third-order valence-electron chi connectivity index (χ3n) is 5.65. The van der Waals surface area contributed by atoms with E-state index in [4.69, 9.17) is 11.6 Å². The molecule has 1 aliphatic heterocycles. The summed E-state index contributed by atoms with van der Waals surface area (Å²) in [7, 11) is 0. The molecular weight excluding hydrogens is 426 g/mol. The summed E-state index contributed by atoms with van der Waals surface area (Å²) in [4.78, 5) is 27.2. The first kappa shape index (κ1) is 22.0. The van der Waals surface area contributed by atoms with Crippen molar-refractivity contribution in [1.29, 1.82) is 0 Å². The number of nitrogens with zero attached hydrogens (tertiary/aromatic N) is 3. The van der Waals surface area contributed by atoms with E-state index in [0.29, 0.717) is 17.1 Å². The second-order valence-electron chi connectivity index (χ2n) is 7.97. The molecule has 2 N–H and O–H groups in total.